The summed E-state index contributed by atoms with van der Waals surface area (Å²) in [6.45, 7) is 6.49. The first-order valence-corrected chi connectivity index (χ1v) is 12.0. The molecule has 35 heavy (non-hydrogen) atoms. The number of para-hydroxylation sites is 1. The van der Waals surface area contributed by atoms with E-state index in [4.69, 9.17) is 14.5 Å². The Balaban J connectivity index is 2.08. The fourth-order valence-electron chi connectivity index (χ4n) is 4.01. The summed E-state index contributed by atoms with van der Waals surface area (Å²) < 4.78 is 11.8. The molecule has 0 bridgehead atoms. The molecule has 1 amide bonds. The van der Waals surface area contributed by atoms with Crippen molar-refractivity contribution in [3.8, 4) is 5.69 Å². The molecule has 3 rings (SSSR count). The van der Waals surface area contributed by atoms with Crippen molar-refractivity contribution in [2.24, 2.45) is 0 Å². The van der Waals surface area contributed by atoms with Gasteiger partial charge in [-0.25, -0.2) is 4.98 Å². The zero-order valence-electron chi connectivity index (χ0n) is 20.8. The Bertz CT molecular complexity index is 1220. The lowest BCUT2D eigenvalue weighted by molar-refractivity contribution is -0.146. The van der Waals surface area contributed by atoms with E-state index in [0.717, 1.165) is 12.0 Å². The van der Waals surface area contributed by atoms with E-state index in [1.807, 2.05) is 43.3 Å². The maximum atomic E-state index is 13.6. The van der Waals surface area contributed by atoms with Gasteiger partial charge in [-0.15, -0.1) is 0 Å². The number of methoxy groups -OCH3 is 1. The zero-order valence-corrected chi connectivity index (χ0v) is 20.8. The minimum Gasteiger partial charge on any atom is -0.466 e. The highest BCUT2D eigenvalue weighted by Crippen LogP contribution is 2.24. The Hall–Kier alpha value is -3.52. The molecule has 0 aliphatic rings. The highest BCUT2D eigenvalue weighted by atomic mass is 16.5. The smallest absolute Gasteiger partial charge is 0.306 e. The summed E-state index contributed by atoms with van der Waals surface area (Å²) in [7, 11) is 1.56. The SMILES string of the molecule is CCOC(=O)CCC(=O)N(CCOC)C(C)c1nc2ccccc2c(=O)n1-c1ccc(CC)cc1. The van der Waals surface area contributed by atoms with Crippen LogP contribution >= 0.6 is 0 Å². The summed E-state index contributed by atoms with van der Waals surface area (Å²) in [6.07, 6.45) is 0.864. The van der Waals surface area contributed by atoms with Crippen LogP contribution < -0.4 is 5.56 Å². The van der Waals surface area contributed by atoms with Gasteiger partial charge in [-0.2, -0.15) is 0 Å². The van der Waals surface area contributed by atoms with Crippen LogP contribution in [0.1, 0.15) is 51.0 Å². The summed E-state index contributed by atoms with van der Waals surface area (Å²) in [5.41, 5.74) is 2.19. The van der Waals surface area contributed by atoms with Crippen molar-refractivity contribution >= 4 is 22.8 Å². The molecule has 0 radical (unpaired) electrons. The Kier molecular flexibility index (Phi) is 9.14. The Labute approximate surface area is 205 Å². The molecule has 1 atom stereocenters. The highest BCUT2D eigenvalue weighted by Gasteiger charge is 2.27. The van der Waals surface area contributed by atoms with E-state index in [-0.39, 0.29) is 37.5 Å². The fraction of sp³-hybridized carbons (Fsp3) is 0.407. The Morgan fingerprint density at radius 1 is 1.06 bits per heavy atom. The molecule has 3 aromatic rings. The van der Waals surface area contributed by atoms with Crippen LogP contribution in [-0.4, -0.2) is 53.2 Å². The van der Waals surface area contributed by atoms with Crippen LogP contribution in [-0.2, 0) is 25.5 Å². The molecule has 1 aromatic heterocycles. The Morgan fingerprint density at radius 2 is 1.77 bits per heavy atom. The van der Waals surface area contributed by atoms with Crippen LogP contribution in [0.5, 0.6) is 0 Å². The largest absolute Gasteiger partial charge is 0.466 e. The second kappa shape index (κ2) is 12.3. The van der Waals surface area contributed by atoms with Crippen molar-refractivity contribution in [3.05, 3.63) is 70.3 Å². The zero-order chi connectivity index (χ0) is 25.4. The molecular weight excluding hydrogens is 446 g/mol. The van der Waals surface area contributed by atoms with Crippen molar-refractivity contribution in [2.45, 2.75) is 46.1 Å². The molecule has 0 spiro atoms. The summed E-state index contributed by atoms with van der Waals surface area (Å²) in [5, 5.41) is 0.500. The number of aromatic nitrogens is 2. The number of hydrogen-bond donors (Lipinski definition) is 0. The molecule has 0 saturated carbocycles. The molecule has 0 aliphatic heterocycles. The number of benzene rings is 2. The van der Waals surface area contributed by atoms with Gasteiger partial charge in [0, 0.05) is 20.1 Å². The average Bonchev–Trinajstić information content (AvgIpc) is 2.87. The second-order valence-electron chi connectivity index (χ2n) is 8.21. The third-order valence-corrected chi connectivity index (χ3v) is 5.95. The van der Waals surface area contributed by atoms with Gasteiger partial charge >= 0.3 is 5.97 Å². The van der Waals surface area contributed by atoms with Gasteiger partial charge in [-0.05, 0) is 50.1 Å². The number of nitrogens with zero attached hydrogens (tertiary/aromatic N) is 3. The van der Waals surface area contributed by atoms with Crippen LogP contribution in [0.2, 0.25) is 0 Å². The summed E-state index contributed by atoms with van der Waals surface area (Å²) in [4.78, 5) is 45.1. The number of fused-ring (bicyclic) bond motifs is 1. The van der Waals surface area contributed by atoms with Crippen LogP contribution in [0.15, 0.2) is 53.3 Å². The molecule has 1 heterocycles. The number of carbonyl (C=O) groups excluding carboxylic acids is 2. The first kappa shape index (κ1) is 26.1. The van der Waals surface area contributed by atoms with Crippen molar-refractivity contribution in [1.82, 2.24) is 14.5 Å². The van der Waals surface area contributed by atoms with Crippen LogP contribution in [0, 0.1) is 0 Å². The fourth-order valence-corrected chi connectivity index (χ4v) is 4.01. The first-order valence-electron chi connectivity index (χ1n) is 12.0. The number of esters is 1. The monoisotopic (exact) mass is 479 g/mol. The predicted octanol–water partition coefficient (Wildman–Crippen LogP) is 3.83. The Morgan fingerprint density at radius 3 is 2.43 bits per heavy atom. The summed E-state index contributed by atoms with van der Waals surface area (Å²) in [5.74, 6) is -0.214. The average molecular weight is 480 g/mol. The minimum atomic E-state index is -0.553. The van der Waals surface area contributed by atoms with Gasteiger partial charge in [0.1, 0.15) is 5.82 Å². The van der Waals surface area contributed by atoms with E-state index in [0.29, 0.717) is 29.0 Å². The first-order chi connectivity index (χ1) is 16.9. The van der Waals surface area contributed by atoms with Crippen molar-refractivity contribution in [2.75, 3.05) is 26.9 Å². The van der Waals surface area contributed by atoms with Gasteiger partial charge in [-0.3, -0.25) is 19.0 Å². The molecule has 8 nitrogen and oxygen atoms in total. The molecule has 0 fully saturated rings. The molecule has 0 aliphatic carbocycles. The maximum Gasteiger partial charge on any atom is 0.306 e. The number of amides is 1. The molecule has 0 saturated heterocycles. The van der Waals surface area contributed by atoms with Gasteiger partial charge < -0.3 is 14.4 Å². The van der Waals surface area contributed by atoms with Crippen molar-refractivity contribution in [1.29, 1.82) is 0 Å². The number of aryl methyl sites for hydroxylation is 1. The topological polar surface area (TPSA) is 90.7 Å². The predicted molar refractivity (Wildman–Crippen MR) is 135 cm³/mol. The van der Waals surface area contributed by atoms with E-state index < -0.39 is 12.0 Å². The van der Waals surface area contributed by atoms with Crippen LogP contribution in [0.25, 0.3) is 16.6 Å². The number of ether oxygens (including phenoxy) is 2. The lowest BCUT2D eigenvalue weighted by Gasteiger charge is -2.30. The summed E-state index contributed by atoms with van der Waals surface area (Å²) >= 11 is 0. The number of rotatable bonds is 11. The van der Waals surface area contributed by atoms with Gasteiger partial charge in [-0.1, -0.05) is 31.2 Å². The van der Waals surface area contributed by atoms with Gasteiger partial charge in [0.15, 0.2) is 0 Å². The summed E-state index contributed by atoms with van der Waals surface area (Å²) in [6, 6.07) is 14.4. The lowest BCUT2D eigenvalue weighted by atomic mass is 10.1. The van der Waals surface area contributed by atoms with E-state index in [1.54, 1.807) is 35.6 Å². The third kappa shape index (κ3) is 6.14. The number of hydrogen-bond acceptors (Lipinski definition) is 6. The normalized spacial score (nSPS) is 11.9. The molecular formula is C27H33N3O5. The van der Waals surface area contributed by atoms with E-state index >= 15 is 0 Å². The standard InChI is InChI=1S/C27H33N3O5/c1-5-20-11-13-21(14-12-20)30-26(28-23-10-8-7-9-22(23)27(30)33)19(3)29(17-18-34-4)24(31)15-16-25(32)35-6-2/h7-14,19H,5-6,15-18H2,1-4H3. The van der Waals surface area contributed by atoms with Crippen molar-refractivity contribution < 1.29 is 19.1 Å². The molecule has 186 valence electrons. The van der Waals surface area contributed by atoms with Crippen molar-refractivity contribution in [3.63, 3.8) is 0 Å². The molecule has 0 N–H and O–H groups in total. The minimum absolute atomic E-state index is 0.00407. The van der Waals surface area contributed by atoms with E-state index in [1.165, 1.54) is 0 Å². The third-order valence-electron chi connectivity index (χ3n) is 5.95. The second-order valence-corrected chi connectivity index (χ2v) is 8.21. The van der Waals surface area contributed by atoms with Gasteiger partial charge in [0.2, 0.25) is 5.91 Å². The number of carbonyl (C=O) groups is 2. The van der Waals surface area contributed by atoms with Crippen LogP contribution in [0.4, 0.5) is 0 Å². The molecule has 8 heteroatoms. The molecule has 1 unspecified atom stereocenters. The quantitative estimate of drug-likeness (QED) is 0.388. The van der Waals surface area contributed by atoms with E-state index in [9.17, 15) is 14.4 Å². The highest BCUT2D eigenvalue weighted by molar-refractivity contribution is 5.82. The van der Waals surface area contributed by atoms with Crippen LogP contribution in [0.3, 0.4) is 0 Å². The maximum absolute atomic E-state index is 13.6. The van der Waals surface area contributed by atoms with Gasteiger partial charge in [0.05, 0.1) is 42.3 Å². The van der Waals surface area contributed by atoms with E-state index in [2.05, 4.69) is 6.92 Å². The lowest BCUT2D eigenvalue weighted by Crippen LogP contribution is -2.39. The van der Waals surface area contributed by atoms with Gasteiger partial charge in [0.25, 0.3) is 5.56 Å². The molecule has 2 aromatic carbocycles.